The lowest BCUT2D eigenvalue weighted by Crippen LogP contribution is -2.22. The second kappa shape index (κ2) is 6.66. The van der Waals surface area contributed by atoms with E-state index >= 15 is 0 Å². The van der Waals surface area contributed by atoms with Crippen molar-refractivity contribution in [3.63, 3.8) is 0 Å². The summed E-state index contributed by atoms with van der Waals surface area (Å²) in [5.74, 6) is 1.68. The van der Waals surface area contributed by atoms with Gasteiger partial charge in [0.2, 0.25) is 0 Å². The standard InChI is InChI=1S/C10H23N/c1-5-6-11-8-10(4)7-9(2)3/h9-11H,5-8H2,1-4H3. The number of nitrogens with one attached hydrogen (secondary N) is 1. The highest BCUT2D eigenvalue weighted by atomic mass is 14.8. The second-order valence-corrected chi connectivity index (χ2v) is 3.94. The fourth-order valence-corrected chi connectivity index (χ4v) is 1.41. The molecule has 0 amide bonds. The number of hydrogen-bond acceptors (Lipinski definition) is 1. The Morgan fingerprint density at radius 1 is 1.18 bits per heavy atom. The Morgan fingerprint density at radius 3 is 2.27 bits per heavy atom. The van der Waals surface area contributed by atoms with Crippen LogP contribution in [-0.2, 0) is 0 Å². The van der Waals surface area contributed by atoms with Crippen LogP contribution in [0, 0.1) is 11.8 Å². The minimum atomic E-state index is 0.835. The van der Waals surface area contributed by atoms with Crippen LogP contribution in [0.2, 0.25) is 0 Å². The molecule has 0 aliphatic heterocycles. The van der Waals surface area contributed by atoms with Crippen molar-refractivity contribution in [3.8, 4) is 0 Å². The van der Waals surface area contributed by atoms with Crippen LogP contribution < -0.4 is 5.32 Å². The van der Waals surface area contributed by atoms with Crippen LogP contribution in [0.1, 0.15) is 40.5 Å². The van der Waals surface area contributed by atoms with Gasteiger partial charge in [0.25, 0.3) is 0 Å². The summed E-state index contributed by atoms with van der Waals surface area (Å²) in [5, 5.41) is 3.44. The average molecular weight is 157 g/mol. The van der Waals surface area contributed by atoms with Gasteiger partial charge in [-0.1, -0.05) is 27.7 Å². The van der Waals surface area contributed by atoms with Crippen LogP contribution in [0.3, 0.4) is 0 Å². The number of rotatable bonds is 6. The molecule has 0 aromatic rings. The smallest absolute Gasteiger partial charge is 0.00231 e. The summed E-state index contributed by atoms with van der Waals surface area (Å²) in [4.78, 5) is 0. The first-order valence-electron chi connectivity index (χ1n) is 4.87. The third-order valence-electron chi connectivity index (χ3n) is 1.79. The maximum absolute atomic E-state index is 3.44. The molecule has 0 saturated carbocycles. The van der Waals surface area contributed by atoms with Crippen LogP contribution in [0.4, 0.5) is 0 Å². The van der Waals surface area contributed by atoms with Gasteiger partial charge in [-0.25, -0.2) is 0 Å². The lowest BCUT2D eigenvalue weighted by Gasteiger charge is -2.13. The van der Waals surface area contributed by atoms with Gasteiger partial charge in [0.1, 0.15) is 0 Å². The van der Waals surface area contributed by atoms with Crippen LogP contribution >= 0.6 is 0 Å². The lowest BCUT2D eigenvalue weighted by molar-refractivity contribution is 0.414. The minimum Gasteiger partial charge on any atom is -0.316 e. The first-order valence-corrected chi connectivity index (χ1v) is 4.87. The molecule has 0 heterocycles. The zero-order valence-corrected chi connectivity index (χ0v) is 8.48. The van der Waals surface area contributed by atoms with Crippen molar-refractivity contribution in [1.82, 2.24) is 5.32 Å². The predicted octanol–water partition coefficient (Wildman–Crippen LogP) is 2.67. The van der Waals surface area contributed by atoms with E-state index in [2.05, 4.69) is 33.0 Å². The molecule has 0 spiro atoms. The maximum Gasteiger partial charge on any atom is -0.00231 e. The van der Waals surface area contributed by atoms with E-state index in [0.29, 0.717) is 0 Å². The zero-order valence-electron chi connectivity index (χ0n) is 8.48. The Morgan fingerprint density at radius 2 is 1.82 bits per heavy atom. The molecule has 0 aromatic carbocycles. The second-order valence-electron chi connectivity index (χ2n) is 3.94. The molecule has 1 unspecified atom stereocenters. The Hall–Kier alpha value is -0.0400. The summed E-state index contributed by atoms with van der Waals surface area (Å²) in [6, 6.07) is 0. The van der Waals surface area contributed by atoms with Gasteiger partial charge in [-0.2, -0.15) is 0 Å². The quantitative estimate of drug-likeness (QED) is 0.584. The number of hydrogen-bond donors (Lipinski definition) is 1. The van der Waals surface area contributed by atoms with Gasteiger partial charge in [0, 0.05) is 0 Å². The maximum atomic E-state index is 3.44. The van der Waals surface area contributed by atoms with E-state index in [9.17, 15) is 0 Å². The van der Waals surface area contributed by atoms with Gasteiger partial charge >= 0.3 is 0 Å². The van der Waals surface area contributed by atoms with Gasteiger partial charge in [-0.3, -0.25) is 0 Å². The molecule has 0 rings (SSSR count). The molecule has 0 saturated heterocycles. The summed E-state index contributed by atoms with van der Waals surface area (Å²) in [7, 11) is 0. The van der Waals surface area contributed by atoms with Crippen molar-refractivity contribution >= 4 is 0 Å². The van der Waals surface area contributed by atoms with Crippen molar-refractivity contribution in [2.45, 2.75) is 40.5 Å². The molecule has 68 valence electrons. The van der Waals surface area contributed by atoms with Crippen LogP contribution in [0.25, 0.3) is 0 Å². The summed E-state index contributed by atoms with van der Waals surface area (Å²) >= 11 is 0. The Balaban J connectivity index is 3.15. The monoisotopic (exact) mass is 157 g/mol. The Kier molecular flexibility index (Phi) is 6.63. The fraction of sp³-hybridized carbons (Fsp3) is 1.00. The van der Waals surface area contributed by atoms with Crippen LogP contribution in [0.15, 0.2) is 0 Å². The molecule has 0 aromatic heterocycles. The van der Waals surface area contributed by atoms with Crippen molar-refractivity contribution in [2.24, 2.45) is 11.8 Å². The first-order chi connectivity index (χ1) is 5.16. The lowest BCUT2D eigenvalue weighted by atomic mass is 9.99. The van der Waals surface area contributed by atoms with E-state index in [4.69, 9.17) is 0 Å². The molecular formula is C10H23N. The van der Waals surface area contributed by atoms with Crippen molar-refractivity contribution in [2.75, 3.05) is 13.1 Å². The van der Waals surface area contributed by atoms with Crippen molar-refractivity contribution in [1.29, 1.82) is 0 Å². The van der Waals surface area contributed by atoms with Gasteiger partial charge in [0.15, 0.2) is 0 Å². The molecule has 0 aliphatic carbocycles. The molecule has 1 nitrogen and oxygen atoms in total. The predicted molar refractivity (Wildman–Crippen MR) is 51.8 cm³/mol. The van der Waals surface area contributed by atoms with E-state index < -0.39 is 0 Å². The van der Waals surface area contributed by atoms with E-state index in [1.165, 1.54) is 25.9 Å². The Labute approximate surface area is 71.6 Å². The molecule has 0 aliphatic rings. The zero-order chi connectivity index (χ0) is 8.69. The summed E-state index contributed by atoms with van der Waals surface area (Å²) in [5.41, 5.74) is 0. The average Bonchev–Trinajstić information content (AvgIpc) is 1.86. The third kappa shape index (κ3) is 7.86. The van der Waals surface area contributed by atoms with Crippen LogP contribution in [-0.4, -0.2) is 13.1 Å². The van der Waals surface area contributed by atoms with Gasteiger partial charge < -0.3 is 5.32 Å². The van der Waals surface area contributed by atoms with Gasteiger partial charge in [-0.05, 0) is 37.8 Å². The molecule has 1 atom stereocenters. The van der Waals surface area contributed by atoms with Crippen LogP contribution in [0.5, 0.6) is 0 Å². The fourth-order valence-electron chi connectivity index (χ4n) is 1.41. The van der Waals surface area contributed by atoms with E-state index in [-0.39, 0.29) is 0 Å². The molecule has 0 bridgehead atoms. The topological polar surface area (TPSA) is 12.0 Å². The highest BCUT2D eigenvalue weighted by Gasteiger charge is 2.03. The van der Waals surface area contributed by atoms with Crippen molar-refractivity contribution < 1.29 is 0 Å². The molecule has 0 radical (unpaired) electrons. The third-order valence-corrected chi connectivity index (χ3v) is 1.79. The molecule has 0 fully saturated rings. The summed E-state index contributed by atoms with van der Waals surface area (Å²) in [6.07, 6.45) is 2.59. The minimum absolute atomic E-state index is 0.835. The summed E-state index contributed by atoms with van der Waals surface area (Å²) in [6.45, 7) is 11.5. The molecule has 1 N–H and O–H groups in total. The SMILES string of the molecule is CCCNCC(C)CC(C)C. The van der Waals surface area contributed by atoms with Crippen molar-refractivity contribution in [3.05, 3.63) is 0 Å². The largest absolute Gasteiger partial charge is 0.316 e. The first kappa shape index (κ1) is 11.0. The molecule has 1 heteroatoms. The molecular weight excluding hydrogens is 134 g/mol. The van der Waals surface area contributed by atoms with E-state index in [1.807, 2.05) is 0 Å². The van der Waals surface area contributed by atoms with E-state index in [0.717, 1.165) is 11.8 Å². The van der Waals surface area contributed by atoms with Gasteiger partial charge in [-0.15, -0.1) is 0 Å². The van der Waals surface area contributed by atoms with E-state index in [1.54, 1.807) is 0 Å². The highest BCUT2D eigenvalue weighted by molar-refractivity contribution is 4.58. The van der Waals surface area contributed by atoms with Gasteiger partial charge in [0.05, 0.1) is 0 Å². The normalized spacial score (nSPS) is 13.9. The Bertz CT molecular complexity index is 78.9. The molecule has 11 heavy (non-hydrogen) atoms. The highest BCUT2D eigenvalue weighted by Crippen LogP contribution is 2.09. The summed E-state index contributed by atoms with van der Waals surface area (Å²) < 4.78 is 0.